The van der Waals surface area contributed by atoms with Gasteiger partial charge in [0.25, 0.3) is 0 Å². The second-order valence-electron chi connectivity index (χ2n) is 2.01. The van der Waals surface area contributed by atoms with Crippen LogP contribution >= 0.6 is 7.60 Å². The van der Waals surface area contributed by atoms with E-state index in [1.54, 1.807) is 0 Å². The molecule has 0 amide bonds. The highest BCUT2D eigenvalue weighted by atomic mass is 31.2. The summed E-state index contributed by atoms with van der Waals surface area (Å²) in [6, 6.07) is 0. The fourth-order valence-electron chi connectivity index (χ4n) is 0.625. The standard InChI is InChI=1S/C6H13O4P/c1-9-11(8,10-2)6-4-3-5-7/h5H,3-4,6H2,1-2H3. The molecule has 0 aliphatic heterocycles. The molecule has 0 aliphatic rings. The number of aldehydes is 1. The van der Waals surface area contributed by atoms with Crippen LogP contribution in [-0.2, 0) is 18.4 Å². The second-order valence-corrected chi connectivity index (χ2v) is 4.41. The van der Waals surface area contributed by atoms with Crippen molar-refractivity contribution in [3.63, 3.8) is 0 Å². The third kappa shape index (κ3) is 4.30. The number of rotatable bonds is 6. The predicted molar refractivity (Wildman–Crippen MR) is 41.8 cm³/mol. The molecule has 0 fully saturated rings. The summed E-state index contributed by atoms with van der Waals surface area (Å²) in [6.07, 6.45) is 2.04. The molecule has 0 aliphatic carbocycles. The van der Waals surface area contributed by atoms with Crippen LogP contribution < -0.4 is 0 Å². The van der Waals surface area contributed by atoms with E-state index in [-0.39, 0.29) is 0 Å². The Bertz CT molecular complexity index is 149. The van der Waals surface area contributed by atoms with Crippen LogP contribution in [0.15, 0.2) is 0 Å². The van der Waals surface area contributed by atoms with Crippen molar-refractivity contribution in [1.29, 1.82) is 0 Å². The topological polar surface area (TPSA) is 52.6 Å². The lowest BCUT2D eigenvalue weighted by Gasteiger charge is -2.11. The number of carbonyl (C=O) groups excluding carboxylic acids is 1. The average Bonchev–Trinajstić information content (AvgIpc) is 2.05. The Morgan fingerprint density at radius 1 is 1.36 bits per heavy atom. The fourth-order valence-corrected chi connectivity index (χ4v) is 1.71. The van der Waals surface area contributed by atoms with Crippen molar-refractivity contribution in [3.05, 3.63) is 0 Å². The lowest BCUT2D eigenvalue weighted by atomic mass is 10.4. The van der Waals surface area contributed by atoms with Crippen LogP contribution in [0.3, 0.4) is 0 Å². The van der Waals surface area contributed by atoms with Gasteiger partial charge in [-0.1, -0.05) is 0 Å². The molecule has 5 heteroatoms. The largest absolute Gasteiger partial charge is 0.330 e. The van der Waals surface area contributed by atoms with Gasteiger partial charge in [0.2, 0.25) is 0 Å². The molecular weight excluding hydrogens is 167 g/mol. The van der Waals surface area contributed by atoms with Crippen molar-refractivity contribution in [1.82, 2.24) is 0 Å². The Balaban J connectivity index is 3.69. The van der Waals surface area contributed by atoms with E-state index in [9.17, 15) is 9.36 Å². The molecule has 0 aromatic rings. The molecule has 0 bridgehead atoms. The van der Waals surface area contributed by atoms with E-state index in [0.29, 0.717) is 19.0 Å². The molecule has 0 radical (unpaired) electrons. The molecule has 0 rings (SSSR count). The van der Waals surface area contributed by atoms with Crippen molar-refractivity contribution in [3.8, 4) is 0 Å². The zero-order chi connectivity index (χ0) is 8.74. The summed E-state index contributed by atoms with van der Waals surface area (Å²) in [5.41, 5.74) is 0. The number of carbonyl (C=O) groups is 1. The maximum atomic E-state index is 11.3. The Hall–Kier alpha value is -0.180. The maximum Gasteiger partial charge on any atom is 0.330 e. The van der Waals surface area contributed by atoms with Gasteiger partial charge in [-0.15, -0.1) is 0 Å². The smallest absolute Gasteiger partial charge is 0.312 e. The highest BCUT2D eigenvalue weighted by Crippen LogP contribution is 2.46. The van der Waals surface area contributed by atoms with Gasteiger partial charge in [0.15, 0.2) is 0 Å². The van der Waals surface area contributed by atoms with Crippen molar-refractivity contribution in [2.45, 2.75) is 12.8 Å². The normalized spacial score (nSPS) is 11.5. The van der Waals surface area contributed by atoms with Crippen molar-refractivity contribution >= 4 is 13.9 Å². The van der Waals surface area contributed by atoms with Gasteiger partial charge < -0.3 is 13.8 Å². The van der Waals surface area contributed by atoms with E-state index >= 15 is 0 Å². The van der Waals surface area contributed by atoms with Gasteiger partial charge in [-0.25, -0.2) is 0 Å². The van der Waals surface area contributed by atoms with Gasteiger partial charge >= 0.3 is 7.60 Å². The van der Waals surface area contributed by atoms with Gasteiger partial charge in [-0.3, -0.25) is 4.57 Å². The summed E-state index contributed by atoms with van der Waals surface area (Å²) >= 11 is 0. The lowest BCUT2D eigenvalue weighted by molar-refractivity contribution is -0.107. The summed E-state index contributed by atoms with van der Waals surface area (Å²) in [5, 5.41) is 0. The van der Waals surface area contributed by atoms with Crippen molar-refractivity contribution in [2.75, 3.05) is 20.4 Å². The first-order chi connectivity index (χ1) is 5.18. The number of hydrogen-bond acceptors (Lipinski definition) is 4. The molecule has 0 saturated carbocycles. The molecule has 0 aromatic heterocycles. The number of unbranched alkanes of at least 4 members (excludes halogenated alkanes) is 1. The van der Waals surface area contributed by atoms with Crippen LogP contribution in [0.1, 0.15) is 12.8 Å². The van der Waals surface area contributed by atoms with Gasteiger partial charge in [-0.2, -0.15) is 0 Å². The quantitative estimate of drug-likeness (QED) is 0.352. The first kappa shape index (κ1) is 10.8. The molecule has 0 spiro atoms. The molecule has 4 nitrogen and oxygen atoms in total. The van der Waals surface area contributed by atoms with Crippen LogP contribution in [0.2, 0.25) is 0 Å². The van der Waals surface area contributed by atoms with E-state index in [1.807, 2.05) is 0 Å². The molecule has 0 heterocycles. The van der Waals surface area contributed by atoms with Crippen LogP contribution in [-0.4, -0.2) is 26.7 Å². The van der Waals surface area contributed by atoms with E-state index in [2.05, 4.69) is 9.05 Å². The zero-order valence-corrected chi connectivity index (χ0v) is 7.67. The third-order valence-corrected chi connectivity index (χ3v) is 3.29. The van der Waals surface area contributed by atoms with Gasteiger partial charge in [0.05, 0.1) is 6.16 Å². The molecule has 0 N–H and O–H groups in total. The SMILES string of the molecule is COP(=O)(CCCC=O)OC. The molecule has 0 atom stereocenters. The highest BCUT2D eigenvalue weighted by molar-refractivity contribution is 7.53. The van der Waals surface area contributed by atoms with E-state index in [4.69, 9.17) is 0 Å². The predicted octanol–water partition coefficient (Wildman–Crippen LogP) is 1.45. The minimum Gasteiger partial charge on any atom is -0.312 e. The van der Waals surface area contributed by atoms with Gasteiger partial charge in [0, 0.05) is 20.6 Å². The summed E-state index contributed by atoms with van der Waals surface area (Å²) < 4.78 is 20.6. The first-order valence-corrected chi connectivity index (χ1v) is 5.05. The average molecular weight is 180 g/mol. The van der Waals surface area contributed by atoms with Crippen LogP contribution in [0, 0.1) is 0 Å². The van der Waals surface area contributed by atoms with Crippen molar-refractivity contribution in [2.24, 2.45) is 0 Å². The summed E-state index contributed by atoms with van der Waals surface area (Å²) in [5.74, 6) is 0. The van der Waals surface area contributed by atoms with Gasteiger partial charge in [-0.05, 0) is 6.42 Å². The zero-order valence-electron chi connectivity index (χ0n) is 6.78. The molecule has 66 valence electrons. The lowest BCUT2D eigenvalue weighted by Crippen LogP contribution is -1.94. The molecular formula is C6H13O4P. The van der Waals surface area contributed by atoms with Gasteiger partial charge in [0.1, 0.15) is 6.29 Å². The van der Waals surface area contributed by atoms with Crippen LogP contribution in [0.25, 0.3) is 0 Å². The number of hydrogen-bond donors (Lipinski definition) is 0. The Morgan fingerprint density at radius 2 is 1.91 bits per heavy atom. The summed E-state index contributed by atoms with van der Waals surface area (Å²) in [6.45, 7) is 0. The Kier molecular flexibility index (Phi) is 5.38. The maximum absolute atomic E-state index is 11.3. The summed E-state index contributed by atoms with van der Waals surface area (Å²) in [4.78, 5) is 9.90. The highest BCUT2D eigenvalue weighted by Gasteiger charge is 2.19. The van der Waals surface area contributed by atoms with Crippen LogP contribution in [0.5, 0.6) is 0 Å². The minimum absolute atomic E-state index is 0.304. The fraction of sp³-hybridized carbons (Fsp3) is 0.833. The third-order valence-electron chi connectivity index (χ3n) is 1.31. The first-order valence-electron chi connectivity index (χ1n) is 3.32. The Morgan fingerprint density at radius 3 is 2.27 bits per heavy atom. The summed E-state index contributed by atoms with van der Waals surface area (Å²) in [7, 11) is -0.193. The van der Waals surface area contributed by atoms with E-state index < -0.39 is 7.60 Å². The minimum atomic E-state index is -2.87. The molecule has 0 saturated heterocycles. The van der Waals surface area contributed by atoms with E-state index in [0.717, 1.165) is 6.29 Å². The molecule has 11 heavy (non-hydrogen) atoms. The Labute approximate surface area is 66.4 Å². The monoisotopic (exact) mass is 180 g/mol. The molecule has 0 unspecified atom stereocenters. The van der Waals surface area contributed by atoms with Crippen molar-refractivity contribution < 1.29 is 18.4 Å². The molecule has 0 aromatic carbocycles. The van der Waals surface area contributed by atoms with E-state index in [1.165, 1.54) is 14.2 Å². The van der Waals surface area contributed by atoms with Crippen LogP contribution in [0.4, 0.5) is 0 Å². The second kappa shape index (κ2) is 5.47.